The van der Waals surface area contributed by atoms with E-state index in [9.17, 15) is 0 Å². The first-order valence-electron chi connectivity index (χ1n) is 7.84. The van der Waals surface area contributed by atoms with Gasteiger partial charge in [0.15, 0.2) is 0 Å². The Morgan fingerprint density at radius 1 is 0.765 bits per heavy atom. The summed E-state index contributed by atoms with van der Waals surface area (Å²) in [7, 11) is 0. The lowest BCUT2D eigenvalue weighted by Gasteiger charge is -1.96. The normalized spacial score (nSPS) is 33.5. The summed E-state index contributed by atoms with van der Waals surface area (Å²) in [5.74, 6) is 2.10. The molecule has 17 heavy (non-hydrogen) atoms. The summed E-state index contributed by atoms with van der Waals surface area (Å²) in [6.07, 6.45) is 10.1. The first kappa shape index (κ1) is 15.1. The van der Waals surface area contributed by atoms with Crippen LogP contribution in [0.3, 0.4) is 0 Å². The van der Waals surface area contributed by atoms with Crippen LogP contribution >= 0.6 is 0 Å². The van der Waals surface area contributed by atoms with E-state index in [2.05, 4.69) is 41.5 Å². The molecule has 2 atom stereocenters. The predicted molar refractivity (Wildman–Crippen MR) is 78.2 cm³/mol. The standard InChI is InChI=1S/2C6H12.C5H10/c2*1-3-6(2)4-5-6;1-4-3-5(4)2/h2*3-5H2,1-2H3;4-5H,3H2,1-2H3. The highest BCUT2D eigenvalue weighted by Gasteiger charge is 2.34. The molecule has 0 N–H and O–H groups in total. The van der Waals surface area contributed by atoms with E-state index in [1.807, 2.05) is 0 Å². The summed E-state index contributed by atoms with van der Waals surface area (Å²) in [5.41, 5.74) is 1.58. The average Bonchev–Trinajstić information content (AvgIpc) is 3.22. The van der Waals surface area contributed by atoms with Gasteiger partial charge in [0.2, 0.25) is 0 Å². The van der Waals surface area contributed by atoms with E-state index >= 15 is 0 Å². The van der Waals surface area contributed by atoms with E-state index in [1.54, 1.807) is 0 Å². The molecule has 0 aromatic rings. The van der Waals surface area contributed by atoms with Crippen LogP contribution in [0.25, 0.3) is 0 Å². The van der Waals surface area contributed by atoms with Crippen molar-refractivity contribution in [1.82, 2.24) is 0 Å². The molecule has 0 aromatic heterocycles. The van der Waals surface area contributed by atoms with Gasteiger partial charge in [0, 0.05) is 0 Å². The molecule has 0 heterocycles. The Bertz CT molecular complexity index is 196. The topological polar surface area (TPSA) is 0 Å². The molecular formula is C17H34. The maximum Gasteiger partial charge on any atom is -0.0328 e. The van der Waals surface area contributed by atoms with E-state index in [1.165, 1.54) is 44.9 Å². The number of hydrogen-bond acceptors (Lipinski definition) is 0. The maximum atomic E-state index is 2.35. The van der Waals surface area contributed by atoms with Crippen LogP contribution in [0, 0.1) is 22.7 Å². The third-order valence-corrected chi connectivity index (χ3v) is 5.43. The van der Waals surface area contributed by atoms with E-state index in [0.29, 0.717) is 0 Å². The molecule has 0 spiro atoms. The van der Waals surface area contributed by atoms with E-state index in [-0.39, 0.29) is 0 Å². The zero-order chi connectivity index (χ0) is 13.1. The van der Waals surface area contributed by atoms with Gasteiger partial charge in [-0.1, -0.05) is 54.4 Å². The van der Waals surface area contributed by atoms with E-state index < -0.39 is 0 Å². The lowest BCUT2D eigenvalue weighted by molar-refractivity contribution is 0.551. The van der Waals surface area contributed by atoms with Gasteiger partial charge in [-0.2, -0.15) is 0 Å². The van der Waals surface area contributed by atoms with Gasteiger partial charge in [0.1, 0.15) is 0 Å². The SMILES string of the molecule is CC1CC1C.CCC1(C)CC1.CCC1(C)CC1. The molecular weight excluding hydrogens is 204 g/mol. The molecule has 0 amide bonds. The molecule has 0 heteroatoms. The fourth-order valence-electron chi connectivity index (χ4n) is 1.64. The summed E-state index contributed by atoms with van der Waals surface area (Å²) in [5, 5.41) is 0. The second-order valence-electron chi connectivity index (χ2n) is 7.52. The first-order chi connectivity index (χ1) is 7.84. The summed E-state index contributed by atoms with van der Waals surface area (Å²) in [6.45, 7) is 13.8. The third kappa shape index (κ3) is 6.48. The summed E-state index contributed by atoms with van der Waals surface area (Å²) in [4.78, 5) is 0. The molecule has 0 radical (unpaired) electrons. The quantitative estimate of drug-likeness (QED) is 0.549. The Morgan fingerprint density at radius 2 is 1.00 bits per heavy atom. The van der Waals surface area contributed by atoms with Crippen LogP contribution in [0.4, 0.5) is 0 Å². The molecule has 3 fully saturated rings. The zero-order valence-electron chi connectivity index (χ0n) is 13.1. The van der Waals surface area contributed by atoms with Crippen LogP contribution in [-0.2, 0) is 0 Å². The minimum absolute atomic E-state index is 0.792. The molecule has 0 nitrogen and oxygen atoms in total. The summed E-state index contributed by atoms with van der Waals surface area (Å²) in [6, 6.07) is 0. The van der Waals surface area contributed by atoms with Gasteiger partial charge in [0.25, 0.3) is 0 Å². The fraction of sp³-hybridized carbons (Fsp3) is 1.00. The van der Waals surface area contributed by atoms with Crippen LogP contribution in [0.1, 0.15) is 86.5 Å². The van der Waals surface area contributed by atoms with Crippen LogP contribution < -0.4 is 0 Å². The van der Waals surface area contributed by atoms with Gasteiger partial charge in [-0.15, -0.1) is 0 Å². The molecule has 3 aliphatic rings. The Kier molecular flexibility index (Phi) is 5.10. The van der Waals surface area contributed by atoms with Gasteiger partial charge in [-0.05, 0) is 54.8 Å². The van der Waals surface area contributed by atoms with Crippen molar-refractivity contribution in [3.8, 4) is 0 Å². The van der Waals surface area contributed by atoms with Crippen molar-refractivity contribution in [3.05, 3.63) is 0 Å². The summed E-state index contributed by atoms with van der Waals surface area (Å²) < 4.78 is 0. The van der Waals surface area contributed by atoms with Gasteiger partial charge >= 0.3 is 0 Å². The average molecular weight is 238 g/mol. The van der Waals surface area contributed by atoms with Crippen LogP contribution in [0.5, 0.6) is 0 Å². The molecule has 2 unspecified atom stereocenters. The minimum Gasteiger partial charge on any atom is -0.0649 e. The predicted octanol–water partition coefficient (Wildman–Crippen LogP) is 6.06. The van der Waals surface area contributed by atoms with Crippen molar-refractivity contribution < 1.29 is 0 Å². The van der Waals surface area contributed by atoms with E-state index in [0.717, 1.165) is 22.7 Å². The van der Waals surface area contributed by atoms with Crippen molar-refractivity contribution in [2.45, 2.75) is 86.5 Å². The van der Waals surface area contributed by atoms with Gasteiger partial charge in [-0.25, -0.2) is 0 Å². The Morgan fingerprint density at radius 3 is 1.00 bits per heavy atom. The molecule has 102 valence electrons. The fourth-order valence-corrected chi connectivity index (χ4v) is 1.64. The second kappa shape index (κ2) is 5.76. The highest BCUT2D eigenvalue weighted by Crippen LogP contribution is 2.48. The van der Waals surface area contributed by atoms with Crippen molar-refractivity contribution in [3.63, 3.8) is 0 Å². The third-order valence-electron chi connectivity index (χ3n) is 5.43. The minimum atomic E-state index is 0.792. The number of rotatable bonds is 2. The van der Waals surface area contributed by atoms with Crippen molar-refractivity contribution in [2.24, 2.45) is 22.7 Å². The van der Waals surface area contributed by atoms with Crippen LogP contribution in [0.2, 0.25) is 0 Å². The zero-order valence-corrected chi connectivity index (χ0v) is 13.1. The molecule has 3 saturated carbocycles. The van der Waals surface area contributed by atoms with E-state index in [4.69, 9.17) is 0 Å². The van der Waals surface area contributed by atoms with Crippen molar-refractivity contribution >= 4 is 0 Å². The first-order valence-corrected chi connectivity index (χ1v) is 7.84. The Balaban J connectivity index is 0.000000128. The summed E-state index contributed by atoms with van der Waals surface area (Å²) >= 11 is 0. The smallest absolute Gasteiger partial charge is 0.0328 e. The van der Waals surface area contributed by atoms with Crippen molar-refractivity contribution in [2.75, 3.05) is 0 Å². The second-order valence-corrected chi connectivity index (χ2v) is 7.52. The Labute approximate surface area is 110 Å². The lowest BCUT2D eigenvalue weighted by Crippen LogP contribution is -1.84. The molecule has 0 aliphatic heterocycles. The molecule has 0 saturated heterocycles. The molecule has 3 aliphatic carbocycles. The van der Waals surface area contributed by atoms with Crippen molar-refractivity contribution in [1.29, 1.82) is 0 Å². The molecule has 0 aromatic carbocycles. The Hall–Kier alpha value is 0. The largest absolute Gasteiger partial charge is 0.0649 e. The number of hydrogen-bond donors (Lipinski definition) is 0. The van der Waals surface area contributed by atoms with Gasteiger partial charge in [0.05, 0.1) is 0 Å². The maximum absolute atomic E-state index is 2.35. The highest BCUT2D eigenvalue weighted by atomic mass is 14.4. The molecule has 0 bridgehead atoms. The van der Waals surface area contributed by atoms with Gasteiger partial charge < -0.3 is 0 Å². The highest BCUT2D eigenvalue weighted by molar-refractivity contribution is 4.86. The van der Waals surface area contributed by atoms with Crippen LogP contribution in [-0.4, -0.2) is 0 Å². The molecule has 3 rings (SSSR count). The monoisotopic (exact) mass is 238 g/mol. The van der Waals surface area contributed by atoms with Gasteiger partial charge in [-0.3, -0.25) is 0 Å². The van der Waals surface area contributed by atoms with Crippen LogP contribution in [0.15, 0.2) is 0 Å². The lowest BCUT2D eigenvalue weighted by atomic mass is 10.1.